The van der Waals surface area contributed by atoms with Crippen molar-refractivity contribution in [1.82, 2.24) is 0 Å². The molecule has 0 aromatic heterocycles. The van der Waals surface area contributed by atoms with Gasteiger partial charge in [-0.1, -0.05) is 12.1 Å². The third-order valence-electron chi connectivity index (χ3n) is 6.00. The highest BCUT2D eigenvalue weighted by atomic mass is 31.2. The highest BCUT2D eigenvalue weighted by Crippen LogP contribution is 2.49. The van der Waals surface area contributed by atoms with Crippen molar-refractivity contribution >= 4 is 21.2 Å². The van der Waals surface area contributed by atoms with Crippen molar-refractivity contribution in [3.05, 3.63) is 42.5 Å². The van der Waals surface area contributed by atoms with Gasteiger partial charge in [0.1, 0.15) is 39.6 Å². The van der Waals surface area contributed by atoms with Crippen LogP contribution in [0.4, 0.5) is 35.1 Å². The number of halogens is 8. The van der Waals surface area contributed by atoms with E-state index in [1.165, 1.54) is 32.0 Å². The topological polar surface area (TPSA) is 126 Å². The van der Waals surface area contributed by atoms with Crippen LogP contribution in [0.15, 0.2) is 42.5 Å². The van der Waals surface area contributed by atoms with E-state index >= 15 is 0 Å². The molecule has 0 amide bonds. The molecule has 0 radical (unpaired) electrons. The quantitative estimate of drug-likeness (QED) is 0.149. The van der Waals surface area contributed by atoms with E-state index in [-0.39, 0.29) is 82.9 Å². The Hall–Kier alpha value is -2.83. The number of benzene rings is 2. The van der Waals surface area contributed by atoms with E-state index in [0.717, 1.165) is 0 Å². The van der Waals surface area contributed by atoms with Crippen molar-refractivity contribution in [3.8, 4) is 23.0 Å². The first-order chi connectivity index (χ1) is 24.6. The Morgan fingerprint density at radius 2 is 1.12 bits per heavy atom. The average Bonchev–Trinajstić information content (AvgIpc) is 3.10. The minimum absolute atomic E-state index is 0.00451. The lowest BCUT2D eigenvalue weighted by Gasteiger charge is -2.22. The summed E-state index contributed by atoms with van der Waals surface area (Å²) in [5, 5.41) is -0.166. The van der Waals surface area contributed by atoms with E-state index in [1.807, 2.05) is 12.1 Å². The molecule has 52 heavy (non-hydrogen) atoms. The van der Waals surface area contributed by atoms with Crippen molar-refractivity contribution in [2.75, 3.05) is 79.3 Å². The van der Waals surface area contributed by atoms with E-state index in [2.05, 4.69) is 9.05 Å². The molecule has 0 spiro atoms. The van der Waals surface area contributed by atoms with Crippen LogP contribution in [-0.4, -0.2) is 104 Å². The molecule has 1 heterocycles. The lowest BCUT2D eigenvalue weighted by atomic mass is 10.3. The van der Waals surface area contributed by atoms with Crippen molar-refractivity contribution in [2.45, 2.75) is 38.5 Å². The summed E-state index contributed by atoms with van der Waals surface area (Å²) in [6, 6.07) is 11.1. The van der Waals surface area contributed by atoms with Crippen LogP contribution < -0.4 is 24.3 Å². The maximum atomic E-state index is 13.5. The monoisotopic (exact) mass is 805 g/mol. The summed E-state index contributed by atoms with van der Waals surface area (Å²) in [5.74, 6) is -7.33. The third kappa shape index (κ3) is 16.0. The summed E-state index contributed by atoms with van der Waals surface area (Å²) in [6.07, 6.45) is -7.83. The molecule has 2 aromatic carbocycles. The molecule has 0 saturated carbocycles. The minimum Gasteiger partial charge on any atom is -0.487 e. The molecule has 1 aliphatic heterocycles. The van der Waals surface area contributed by atoms with Gasteiger partial charge >= 0.3 is 40.5 Å². The van der Waals surface area contributed by atoms with Crippen LogP contribution >= 0.6 is 15.9 Å². The second-order valence-electron chi connectivity index (χ2n) is 9.92. The Labute approximate surface area is 295 Å². The molecule has 296 valence electrons. The normalized spacial score (nSPS) is 16.6. The molecular weight excluding hydrogens is 766 g/mol. The molecule has 0 aliphatic carbocycles. The van der Waals surface area contributed by atoms with Crippen LogP contribution in [0, 0.1) is 0 Å². The van der Waals surface area contributed by atoms with E-state index in [1.54, 1.807) is 12.1 Å². The summed E-state index contributed by atoms with van der Waals surface area (Å²) in [4.78, 5) is 0. The number of hydrogen-bond donors (Lipinski definition) is 0. The molecule has 0 saturated heterocycles. The van der Waals surface area contributed by atoms with E-state index in [4.69, 9.17) is 37.5 Å². The first kappa shape index (κ1) is 45.3. The number of para-hydroxylation sites is 2. The van der Waals surface area contributed by atoms with E-state index in [0.29, 0.717) is 11.5 Å². The van der Waals surface area contributed by atoms with Crippen LogP contribution in [0.1, 0.15) is 13.8 Å². The largest absolute Gasteiger partial charge is 0.697 e. The molecule has 2 unspecified atom stereocenters. The summed E-state index contributed by atoms with van der Waals surface area (Å²) in [7, 11) is -7.14. The molecule has 2 aromatic rings. The lowest BCUT2D eigenvalue weighted by molar-refractivity contribution is -0.149. The fourth-order valence-corrected chi connectivity index (χ4v) is 5.72. The van der Waals surface area contributed by atoms with Gasteiger partial charge < -0.3 is 32.9 Å². The molecule has 22 heteroatoms. The molecule has 1 aliphatic rings. The predicted molar refractivity (Wildman–Crippen MR) is 168 cm³/mol. The number of alkyl halides is 8. The van der Waals surface area contributed by atoms with Crippen molar-refractivity contribution < 1.29 is 90.8 Å². The highest BCUT2D eigenvalue weighted by molar-refractivity contribution is 7.62. The van der Waals surface area contributed by atoms with Crippen molar-refractivity contribution in [2.24, 2.45) is 0 Å². The SMILES string of the molecule is CCOP(=O)(OCC(F)(F)C(F)F)c1ccc2c(c1)OCCOCCOc1ccccc1OCCOCCO2.CCO[P+](=O)OCC(F)(F)C(F)F. The Morgan fingerprint density at radius 3 is 1.58 bits per heavy atom. The Bertz CT molecular complexity index is 1390. The predicted octanol–water partition coefficient (Wildman–Crippen LogP) is 7.32. The Morgan fingerprint density at radius 1 is 0.654 bits per heavy atom. The smallest absolute Gasteiger partial charge is 0.487 e. The molecule has 0 fully saturated rings. The summed E-state index contributed by atoms with van der Waals surface area (Å²) >= 11 is 0. The van der Waals surface area contributed by atoms with E-state index < -0.39 is 53.8 Å². The van der Waals surface area contributed by atoms with Crippen LogP contribution in [0.3, 0.4) is 0 Å². The minimum atomic E-state index is -4.51. The average molecular weight is 806 g/mol. The fourth-order valence-electron chi connectivity index (χ4n) is 3.57. The maximum absolute atomic E-state index is 13.5. The van der Waals surface area contributed by atoms with Gasteiger partial charge in [-0.3, -0.25) is 9.09 Å². The number of fused-ring (bicyclic) bond motifs is 2. The van der Waals surface area contributed by atoms with Gasteiger partial charge in [-0.05, 0) is 44.2 Å². The molecule has 2 atom stereocenters. The zero-order chi connectivity index (χ0) is 38.6. The zero-order valence-corrected chi connectivity index (χ0v) is 29.8. The van der Waals surface area contributed by atoms with Gasteiger partial charge in [0.2, 0.25) is 0 Å². The summed E-state index contributed by atoms with van der Waals surface area (Å²) < 4.78 is 175. The van der Waals surface area contributed by atoms with Crippen LogP contribution in [0.25, 0.3) is 0 Å². The van der Waals surface area contributed by atoms with Gasteiger partial charge in [0.05, 0.1) is 38.3 Å². The van der Waals surface area contributed by atoms with Crippen molar-refractivity contribution in [1.29, 1.82) is 0 Å². The number of hydrogen-bond acceptors (Lipinski definition) is 12. The first-order valence-electron chi connectivity index (χ1n) is 15.5. The fraction of sp³-hybridized carbons (Fsp3) is 0.600. The molecule has 3 rings (SSSR count). The molecule has 0 bridgehead atoms. The van der Waals surface area contributed by atoms with Gasteiger partial charge in [0.15, 0.2) is 29.6 Å². The maximum Gasteiger partial charge on any atom is 0.697 e. The lowest BCUT2D eigenvalue weighted by Crippen LogP contribution is -2.32. The summed E-state index contributed by atoms with van der Waals surface area (Å²) in [6.45, 7) is 0.880. The molecule has 0 N–H and O–H groups in total. The second-order valence-corrected chi connectivity index (χ2v) is 12.9. The number of rotatable bonds is 13. The van der Waals surface area contributed by atoms with Gasteiger partial charge in [0.25, 0.3) is 0 Å². The first-order valence-corrected chi connectivity index (χ1v) is 18.1. The van der Waals surface area contributed by atoms with Gasteiger partial charge in [-0.25, -0.2) is 17.6 Å². The highest BCUT2D eigenvalue weighted by Gasteiger charge is 2.45. The van der Waals surface area contributed by atoms with Crippen molar-refractivity contribution in [3.63, 3.8) is 0 Å². The molecule has 12 nitrogen and oxygen atoms in total. The second kappa shape index (κ2) is 23.1. The number of ether oxygens (including phenoxy) is 6. The summed E-state index contributed by atoms with van der Waals surface area (Å²) in [5.41, 5.74) is 0. The zero-order valence-electron chi connectivity index (χ0n) is 28.0. The van der Waals surface area contributed by atoms with Gasteiger partial charge in [-0.15, -0.1) is 9.05 Å². The van der Waals surface area contributed by atoms with Crippen LogP contribution in [0.5, 0.6) is 23.0 Å². The Kier molecular flexibility index (Phi) is 20.1. The third-order valence-corrected chi connectivity index (χ3v) is 8.78. The van der Waals surface area contributed by atoms with Crippen LogP contribution in [-0.2, 0) is 36.7 Å². The van der Waals surface area contributed by atoms with Gasteiger partial charge in [0, 0.05) is 4.57 Å². The van der Waals surface area contributed by atoms with Crippen LogP contribution in [0.2, 0.25) is 0 Å². The van der Waals surface area contributed by atoms with E-state index in [9.17, 15) is 44.3 Å². The standard InChI is InChI=1S/C25H31F4O9P.C5H8F4O3P/c1-2-37-39(30,38-18-25(28,29)24(26)27)19-7-8-22-23(17-19)36-16-12-32-10-14-34-21-6-4-3-5-20(21)33-13-9-31-11-15-35-22;1-2-11-13(10)12-3-5(8,9)4(6)7/h3-8,17,24H,2,9-16,18H2,1H3;4H,2-3H2,1H3/q;+1. The molecular formula is C30H39F8O12P2+. The van der Waals surface area contributed by atoms with Gasteiger partial charge in [-0.2, -0.15) is 17.6 Å². The Balaban J connectivity index is 0.000000612.